The van der Waals surface area contributed by atoms with Crippen molar-refractivity contribution >= 4 is 17.8 Å². The number of nitrogens with one attached hydrogen (secondary N) is 1. The van der Waals surface area contributed by atoms with Crippen LogP contribution in [0.4, 0.5) is 23.8 Å². The number of anilines is 1. The van der Waals surface area contributed by atoms with Crippen molar-refractivity contribution in [3.63, 3.8) is 0 Å². The molecule has 1 aromatic rings. The third kappa shape index (κ3) is 2.65. The minimum atomic E-state index is -4.54. The maximum atomic E-state index is 12.7. The maximum Gasteiger partial charge on any atom is 0.416 e. The fourth-order valence-corrected chi connectivity index (χ4v) is 1.85. The van der Waals surface area contributed by atoms with Gasteiger partial charge in [-0.2, -0.15) is 13.2 Å². The number of nitrogens with two attached hydrogens (primary N) is 1. The molecular formula is C11H11F3N4O2. The van der Waals surface area contributed by atoms with Gasteiger partial charge in [0.05, 0.1) is 12.1 Å². The predicted molar refractivity (Wildman–Crippen MR) is 62.8 cm³/mol. The predicted octanol–water partition coefficient (Wildman–Crippen LogP) is 0.792. The standard InChI is InChI=1S/C11H11F3N4O2/c1-5-2-6(11(12,13)14)3-8(16-5)18-4-7(9(15)19)17-10(18)20/h2-3,7H,4H2,1H3,(H2,15,19)(H,17,20). The van der Waals surface area contributed by atoms with Crippen LogP contribution in [0.1, 0.15) is 11.3 Å². The summed E-state index contributed by atoms with van der Waals surface area (Å²) in [4.78, 5) is 27.5. The van der Waals surface area contributed by atoms with Crippen LogP contribution >= 0.6 is 0 Å². The molecule has 1 atom stereocenters. The summed E-state index contributed by atoms with van der Waals surface area (Å²) in [6, 6.07) is -0.0156. The van der Waals surface area contributed by atoms with E-state index in [0.717, 1.165) is 17.0 Å². The molecule has 1 aromatic heterocycles. The summed E-state index contributed by atoms with van der Waals surface area (Å²) in [6.45, 7) is 1.24. The number of alkyl halides is 3. The fraction of sp³-hybridized carbons (Fsp3) is 0.364. The Morgan fingerprint density at radius 2 is 2.15 bits per heavy atom. The number of halogens is 3. The Balaban J connectivity index is 2.36. The van der Waals surface area contributed by atoms with Crippen LogP contribution in [-0.2, 0) is 11.0 Å². The summed E-state index contributed by atoms with van der Waals surface area (Å²) >= 11 is 0. The molecule has 0 saturated carbocycles. The molecule has 0 aromatic carbocycles. The Labute approximate surface area is 111 Å². The van der Waals surface area contributed by atoms with Crippen molar-refractivity contribution in [2.45, 2.75) is 19.1 Å². The van der Waals surface area contributed by atoms with E-state index in [9.17, 15) is 22.8 Å². The lowest BCUT2D eigenvalue weighted by atomic mass is 10.2. The van der Waals surface area contributed by atoms with Gasteiger partial charge in [0.15, 0.2) is 0 Å². The molecule has 3 N–H and O–H groups in total. The van der Waals surface area contributed by atoms with Crippen molar-refractivity contribution < 1.29 is 22.8 Å². The van der Waals surface area contributed by atoms with Gasteiger partial charge in [-0.05, 0) is 19.1 Å². The van der Waals surface area contributed by atoms with Crippen molar-refractivity contribution in [1.29, 1.82) is 0 Å². The number of amides is 3. The second-order valence-corrected chi connectivity index (χ2v) is 4.37. The average molecular weight is 288 g/mol. The van der Waals surface area contributed by atoms with Crippen molar-refractivity contribution in [3.05, 3.63) is 23.4 Å². The first-order valence-corrected chi connectivity index (χ1v) is 5.61. The number of hydrogen-bond donors (Lipinski definition) is 2. The molecule has 2 heterocycles. The fourth-order valence-electron chi connectivity index (χ4n) is 1.85. The molecular weight excluding hydrogens is 277 g/mol. The number of nitrogens with zero attached hydrogens (tertiary/aromatic N) is 2. The average Bonchev–Trinajstić information content (AvgIpc) is 2.69. The molecule has 108 valence electrons. The molecule has 1 unspecified atom stereocenters. The van der Waals surface area contributed by atoms with Gasteiger partial charge in [-0.1, -0.05) is 0 Å². The van der Waals surface area contributed by atoms with Gasteiger partial charge in [-0.3, -0.25) is 9.69 Å². The Morgan fingerprint density at radius 1 is 1.50 bits per heavy atom. The van der Waals surface area contributed by atoms with Crippen LogP contribution in [0.15, 0.2) is 12.1 Å². The van der Waals surface area contributed by atoms with E-state index < -0.39 is 29.7 Å². The van der Waals surface area contributed by atoms with Crippen LogP contribution in [0.25, 0.3) is 0 Å². The van der Waals surface area contributed by atoms with E-state index in [1.54, 1.807) is 0 Å². The SMILES string of the molecule is Cc1cc(C(F)(F)F)cc(N2CC(C(N)=O)NC2=O)n1. The second kappa shape index (κ2) is 4.66. The molecule has 1 aliphatic heterocycles. The minimum Gasteiger partial charge on any atom is -0.368 e. The third-order valence-corrected chi connectivity index (χ3v) is 2.80. The summed E-state index contributed by atoms with van der Waals surface area (Å²) in [5, 5.41) is 2.27. The van der Waals surface area contributed by atoms with Gasteiger partial charge in [-0.15, -0.1) is 0 Å². The van der Waals surface area contributed by atoms with Gasteiger partial charge < -0.3 is 11.1 Å². The highest BCUT2D eigenvalue weighted by Crippen LogP contribution is 2.32. The quantitative estimate of drug-likeness (QED) is 0.843. The molecule has 2 rings (SSSR count). The molecule has 6 nitrogen and oxygen atoms in total. The normalized spacial score (nSPS) is 19.1. The van der Waals surface area contributed by atoms with E-state index >= 15 is 0 Å². The van der Waals surface area contributed by atoms with Crippen LogP contribution in [0.3, 0.4) is 0 Å². The molecule has 20 heavy (non-hydrogen) atoms. The number of pyridine rings is 1. The monoisotopic (exact) mass is 288 g/mol. The summed E-state index contributed by atoms with van der Waals surface area (Å²) in [5.41, 5.74) is 4.26. The highest BCUT2D eigenvalue weighted by molar-refractivity contribution is 5.99. The highest BCUT2D eigenvalue weighted by Gasteiger charge is 2.36. The Morgan fingerprint density at radius 3 is 2.65 bits per heavy atom. The van der Waals surface area contributed by atoms with E-state index in [4.69, 9.17) is 5.73 Å². The molecule has 3 amide bonds. The van der Waals surface area contributed by atoms with Gasteiger partial charge >= 0.3 is 12.2 Å². The number of carbonyl (C=O) groups excluding carboxylic acids is 2. The van der Waals surface area contributed by atoms with Crippen molar-refractivity contribution in [1.82, 2.24) is 10.3 Å². The largest absolute Gasteiger partial charge is 0.416 e. The zero-order valence-corrected chi connectivity index (χ0v) is 10.4. The molecule has 0 bridgehead atoms. The van der Waals surface area contributed by atoms with E-state index in [1.807, 2.05) is 0 Å². The first-order chi connectivity index (χ1) is 9.18. The number of rotatable bonds is 2. The van der Waals surface area contributed by atoms with Gasteiger partial charge in [-0.25, -0.2) is 9.78 Å². The third-order valence-electron chi connectivity index (χ3n) is 2.80. The molecule has 0 spiro atoms. The second-order valence-electron chi connectivity index (χ2n) is 4.37. The first-order valence-electron chi connectivity index (χ1n) is 5.61. The van der Waals surface area contributed by atoms with E-state index in [-0.39, 0.29) is 18.1 Å². The number of aromatic nitrogens is 1. The molecule has 9 heteroatoms. The van der Waals surface area contributed by atoms with Gasteiger partial charge in [0.1, 0.15) is 11.9 Å². The summed E-state index contributed by atoms with van der Waals surface area (Å²) in [5.74, 6) is -0.928. The lowest BCUT2D eigenvalue weighted by Crippen LogP contribution is -2.39. The highest BCUT2D eigenvalue weighted by atomic mass is 19.4. The molecule has 1 saturated heterocycles. The van der Waals surface area contributed by atoms with E-state index in [1.165, 1.54) is 6.92 Å². The first kappa shape index (κ1) is 14.1. The summed E-state index contributed by atoms with van der Waals surface area (Å²) in [6.07, 6.45) is -4.54. The van der Waals surface area contributed by atoms with Gasteiger partial charge in [0, 0.05) is 5.69 Å². The van der Waals surface area contributed by atoms with Crippen molar-refractivity contribution in [2.24, 2.45) is 5.73 Å². The van der Waals surface area contributed by atoms with Crippen LogP contribution in [0.2, 0.25) is 0 Å². The maximum absolute atomic E-state index is 12.7. The minimum absolute atomic E-state index is 0.116. The zero-order chi connectivity index (χ0) is 15.1. The lowest BCUT2D eigenvalue weighted by Gasteiger charge is -2.16. The molecule has 0 radical (unpaired) electrons. The summed E-state index contributed by atoms with van der Waals surface area (Å²) in [7, 11) is 0. The Hall–Kier alpha value is -2.32. The van der Waals surface area contributed by atoms with Gasteiger partial charge in [0.25, 0.3) is 0 Å². The van der Waals surface area contributed by atoms with Crippen LogP contribution in [0, 0.1) is 6.92 Å². The number of hydrogen-bond acceptors (Lipinski definition) is 3. The van der Waals surface area contributed by atoms with E-state index in [0.29, 0.717) is 0 Å². The Bertz CT molecular complexity index is 573. The molecule has 1 aliphatic rings. The van der Waals surface area contributed by atoms with Gasteiger partial charge in [0.2, 0.25) is 5.91 Å². The number of urea groups is 1. The molecule has 1 fully saturated rings. The number of carbonyl (C=O) groups is 2. The topological polar surface area (TPSA) is 88.3 Å². The smallest absolute Gasteiger partial charge is 0.368 e. The Kier molecular flexibility index (Phi) is 3.28. The number of primary amides is 1. The van der Waals surface area contributed by atoms with E-state index in [2.05, 4.69) is 10.3 Å². The summed E-state index contributed by atoms with van der Waals surface area (Å²) < 4.78 is 38.1. The number of aryl methyl sites for hydroxylation is 1. The van der Waals surface area contributed by atoms with Crippen molar-refractivity contribution in [2.75, 3.05) is 11.4 Å². The van der Waals surface area contributed by atoms with Crippen LogP contribution < -0.4 is 16.0 Å². The molecule has 0 aliphatic carbocycles. The lowest BCUT2D eigenvalue weighted by molar-refractivity contribution is -0.137. The van der Waals surface area contributed by atoms with Crippen LogP contribution in [-0.4, -0.2) is 29.5 Å². The van der Waals surface area contributed by atoms with Crippen molar-refractivity contribution in [3.8, 4) is 0 Å². The zero-order valence-electron chi connectivity index (χ0n) is 10.4. The van der Waals surface area contributed by atoms with Crippen LogP contribution in [0.5, 0.6) is 0 Å².